The summed E-state index contributed by atoms with van der Waals surface area (Å²) >= 11 is 0. The highest BCUT2D eigenvalue weighted by Crippen LogP contribution is 2.36. The van der Waals surface area contributed by atoms with Crippen molar-refractivity contribution in [2.45, 2.75) is 13.0 Å². The van der Waals surface area contributed by atoms with Crippen molar-refractivity contribution in [3.8, 4) is 17.1 Å². The molecule has 0 aliphatic carbocycles. The van der Waals surface area contributed by atoms with E-state index in [0.717, 1.165) is 41.7 Å². The van der Waals surface area contributed by atoms with E-state index in [-0.39, 0.29) is 5.82 Å². The number of methoxy groups -OCH3 is 1. The van der Waals surface area contributed by atoms with Gasteiger partial charge < -0.3 is 14.1 Å². The summed E-state index contributed by atoms with van der Waals surface area (Å²) in [5.41, 5.74) is 3.78. The van der Waals surface area contributed by atoms with Gasteiger partial charge in [-0.1, -0.05) is 12.1 Å². The number of nitrogens with zero attached hydrogens (tertiary/aromatic N) is 2. The highest BCUT2D eigenvalue weighted by Gasteiger charge is 2.15. The molecule has 2 heterocycles. The maximum absolute atomic E-state index is 13.3. The normalized spacial score (nSPS) is 11.3. The van der Waals surface area contributed by atoms with E-state index in [0.29, 0.717) is 17.1 Å². The summed E-state index contributed by atoms with van der Waals surface area (Å²) in [6.45, 7) is 1.67. The molecule has 0 aliphatic rings. The van der Waals surface area contributed by atoms with Crippen LogP contribution in [0.5, 0.6) is 5.75 Å². The fraction of sp³-hybridized carbons (Fsp3) is 0.208. The summed E-state index contributed by atoms with van der Waals surface area (Å²) in [6, 6.07) is 18.3. The molecule has 0 saturated carbocycles. The van der Waals surface area contributed by atoms with Gasteiger partial charge in [-0.3, -0.25) is 4.98 Å². The Morgan fingerprint density at radius 2 is 1.90 bits per heavy atom. The number of ether oxygens (including phenoxy) is 1. The maximum Gasteiger partial charge on any atom is 0.176 e. The smallest absolute Gasteiger partial charge is 0.176 e. The van der Waals surface area contributed by atoms with Gasteiger partial charge in [0.05, 0.1) is 7.11 Å². The molecule has 5 heteroatoms. The average Bonchev–Trinajstić information content (AvgIpc) is 3.20. The second-order valence-corrected chi connectivity index (χ2v) is 7.10. The van der Waals surface area contributed by atoms with Crippen LogP contribution in [0.2, 0.25) is 0 Å². The molecule has 4 aromatic rings. The third-order valence-electron chi connectivity index (χ3n) is 5.00. The Labute approximate surface area is 169 Å². The first-order valence-electron chi connectivity index (χ1n) is 9.58. The Balaban J connectivity index is 1.59. The predicted octanol–water partition coefficient (Wildman–Crippen LogP) is 5.32. The van der Waals surface area contributed by atoms with E-state index >= 15 is 0 Å². The first-order valence-corrected chi connectivity index (χ1v) is 9.58. The molecule has 0 N–H and O–H groups in total. The number of hydrogen-bond donors (Lipinski definition) is 0. The van der Waals surface area contributed by atoms with E-state index in [4.69, 9.17) is 9.15 Å². The van der Waals surface area contributed by atoms with Gasteiger partial charge >= 0.3 is 0 Å². The molecule has 0 bridgehead atoms. The third-order valence-corrected chi connectivity index (χ3v) is 5.00. The Bertz CT molecular complexity index is 1090. The third kappa shape index (κ3) is 4.30. The number of halogens is 1. The van der Waals surface area contributed by atoms with Crippen molar-refractivity contribution in [1.29, 1.82) is 0 Å². The lowest BCUT2D eigenvalue weighted by atomic mass is 10.1. The summed E-state index contributed by atoms with van der Waals surface area (Å²) in [5.74, 6) is 1.12. The van der Waals surface area contributed by atoms with E-state index in [1.165, 1.54) is 12.1 Å². The molecule has 0 radical (unpaired) electrons. The molecule has 148 valence electrons. The van der Waals surface area contributed by atoms with Crippen LogP contribution in [-0.4, -0.2) is 30.6 Å². The van der Waals surface area contributed by atoms with Crippen LogP contribution in [0.15, 0.2) is 71.3 Å². The van der Waals surface area contributed by atoms with Crippen LogP contribution in [0, 0.1) is 5.82 Å². The quantitative estimate of drug-likeness (QED) is 0.428. The zero-order chi connectivity index (χ0) is 20.2. The van der Waals surface area contributed by atoms with E-state index in [1.54, 1.807) is 19.2 Å². The van der Waals surface area contributed by atoms with Crippen molar-refractivity contribution in [3.63, 3.8) is 0 Å². The van der Waals surface area contributed by atoms with Crippen molar-refractivity contribution in [2.75, 3.05) is 20.7 Å². The van der Waals surface area contributed by atoms with E-state index in [1.807, 2.05) is 36.5 Å². The van der Waals surface area contributed by atoms with Crippen LogP contribution in [0.25, 0.3) is 22.3 Å². The maximum atomic E-state index is 13.3. The Kier molecular flexibility index (Phi) is 5.58. The van der Waals surface area contributed by atoms with Crippen LogP contribution < -0.4 is 4.74 Å². The lowest BCUT2D eigenvalue weighted by Crippen LogP contribution is -2.21. The lowest BCUT2D eigenvalue weighted by Gasteiger charge is -2.17. The van der Waals surface area contributed by atoms with Gasteiger partial charge in [0.2, 0.25) is 0 Å². The molecule has 0 aliphatic heterocycles. The highest BCUT2D eigenvalue weighted by atomic mass is 19.1. The Hall–Kier alpha value is -3.18. The molecule has 2 aromatic heterocycles. The number of pyridine rings is 1. The topological polar surface area (TPSA) is 38.5 Å². The number of hydrogen-bond acceptors (Lipinski definition) is 4. The number of fused-ring (bicyclic) bond motifs is 1. The fourth-order valence-electron chi connectivity index (χ4n) is 3.43. The molecule has 0 fully saturated rings. The van der Waals surface area contributed by atoms with Gasteiger partial charge in [-0.05, 0) is 61.1 Å². The van der Waals surface area contributed by atoms with Crippen molar-refractivity contribution < 1.29 is 13.5 Å². The van der Waals surface area contributed by atoms with Crippen molar-refractivity contribution >= 4 is 11.0 Å². The van der Waals surface area contributed by atoms with Crippen LogP contribution in [0.3, 0.4) is 0 Å². The summed E-state index contributed by atoms with van der Waals surface area (Å²) < 4.78 is 24.8. The predicted molar refractivity (Wildman–Crippen MR) is 112 cm³/mol. The zero-order valence-corrected chi connectivity index (χ0v) is 16.6. The van der Waals surface area contributed by atoms with Gasteiger partial charge in [-0.25, -0.2) is 4.39 Å². The fourth-order valence-corrected chi connectivity index (χ4v) is 3.43. The highest BCUT2D eigenvalue weighted by molar-refractivity contribution is 5.90. The number of aromatic nitrogens is 1. The molecular weight excluding hydrogens is 367 g/mol. The molecule has 4 rings (SSSR count). The van der Waals surface area contributed by atoms with Crippen LogP contribution in [0.1, 0.15) is 11.3 Å². The van der Waals surface area contributed by atoms with E-state index in [2.05, 4.69) is 23.0 Å². The molecule has 0 atom stereocenters. The lowest BCUT2D eigenvalue weighted by molar-refractivity contribution is 0.331. The Morgan fingerprint density at radius 3 is 2.62 bits per heavy atom. The van der Waals surface area contributed by atoms with Crippen LogP contribution >= 0.6 is 0 Å². The molecule has 2 aromatic carbocycles. The van der Waals surface area contributed by atoms with Gasteiger partial charge in [0.15, 0.2) is 11.3 Å². The second kappa shape index (κ2) is 8.45. The van der Waals surface area contributed by atoms with Crippen molar-refractivity contribution in [3.05, 3.63) is 83.9 Å². The van der Waals surface area contributed by atoms with Gasteiger partial charge in [0.25, 0.3) is 0 Å². The molecule has 0 unspecified atom stereocenters. The summed E-state index contributed by atoms with van der Waals surface area (Å²) in [5, 5.41) is 1.01. The van der Waals surface area contributed by atoms with E-state index < -0.39 is 0 Å². The van der Waals surface area contributed by atoms with Crippen molar-refractivity contribution in [2.24, 2.45) is 0 Å². The van der Waals surface area contributed by atoms with Gasteiger partial charge in [0.1, 0.15) is 11.6 Å². The largest absolute Gasteiger partial charge is 0.493 e. The summed E-state index contributed by atoms with van der Waals surface area (Å²) in [7, 11) is 3.73. The second-order valence-electron chi connectivity index (χ2n) is 7.10. The monoisotopic (exact) mass is 390 g/mol. The molecule has 4 nitrogen and oxygen atoms in total. The van der Waals surface area contributed by atoms with E-state index in [9.17, 15) is 4.39 Å². The minimum Gasteiger partial charge on any atom is -0.493 e. The first-order chi connectivity index (χ1) is 14.1. The molecular formula is C24H23FN2O2. The molecule has 0 saturated heterocycles. The summed E-state index contributed by atoms with van der Waals surface area (Å²) in [6.07, 6.45) is 2.72. The minimum atomic E-state index is -0.266. The standard InChI is InChI=1S/C24H23FN2O2/c1-27(14-12-20-5-3-4-13-26-20)16-18-8-11-22(28-2)24-21(18)15-23(29-24)17-6-9-19(25)10-7-17/h3-11,13,15H,12,14,16H2,1-2H3. The molecule has 0 spiro atoms. The van der Waals surface area contributed by atoms with Crippen LogP contribution in [0.4, 0.5) is 4.39 Å². The molecule has 0 amide bonds. The number of likely N-dealkylation sites (N-methyl/N-ethyl adjacent to an activating group) is 1. The number of benzene rings is 2. The van der Waals surface area contributed by atoms with Gasteiger partial charge in [-0.15, -0.1) is 0 Å². The Morgan fingerprint density at radius 1 is 1.07 bits per heavy atom. The zero-order valence-electron chi connectivity index (χ0n) is 16.6. The average molecular weight is 390 g/mol. The first kappa shape index (κ1) is 19.2. The summed E-state index contributed by atoms with van der Waals surface area (Å²) in [4.78, 5) is 6.65. The van der Waals surface area contributed by atoms with Gasteiger partial charge in [-0.2, -0.15) is 0 Å². The number of rotatable bonds is 7. The molecule has 29 heavy (non-hydrogen) atoms. The van der Waals surface area contributed by atoms with Crippen molar-refractivity contribution in [1.82, 2.24) is 9.88 Å². The van der Waals surface area contributed by atoms with Crippen LogP contribution in [-0.2, 0) is 13.0 Å². The minimum absolute atomic E-state index is 0.266. The number of furan rings is 1. The van der Waals surface area contributed by atoms with Gasteiger partial charge in [0, 0.05) is 42.4 Å². The SMILES string of the molecule is COc1ccc(CN(C)CCc2ccccn2)c2cc(-c3ccc(F)cc3)oc12.